The maximum atomic E-state index is 14.0. The predicted octanol–water partition coefficient (Wildman–Crippen LogP) is 3.51. The van der Waals surface area contributed by atoms with E-state index in [0.29, 0.717) is 23.3 Å². The molecule has 1 aliphatic heterocycles. The SMILES string of the molecule is CCCC(C(=O)NC=O)N1Cc2c(csc2CNC(=O)C(O)(c2ccc(C(C)(C)C)cc2)C(F)(F)F)C1=O. The Labute approximate surface area is 222 Å². The topological polar surface area (TPSA) is 116 Å². The lowest BCUT2D eigenvalue weighted by Gasteiger charge is -2.30. The van der Waals surface area contributed by atoms with Gasteiger partial charge in [-0.1, -0.05) is 58.4 Å². The van der Waals surface area contributed by atoms with E-state index >= 15 is 0 Å². The summed E-state index contributed by atoms with van der Waals surface area (Å²) < 4.78 is 42.1. The van der Waals surface area contributed by atoms with E-state index in [4.69, 9.17) is 0 Å². The summed E-state index contributed by atoms with van der Waals surface area (Å²) in [7, 11) is 0. The third-order valence-corrected chi connectivity index (χ3v) is 7.59. The highest BCUT2D eigenvalue weighted by atomic mass is 32.1. The van der Waals surface area contributed by atoms with Crippen LogP contribution in [0, 0.1) is 0 Å². The molecular weight excluding hydrogens is 523 g/mol. The molecule has 2 unspecified atom stereocenters. The third-order valence-electron chi connectivity index (χ3n) is 6.56. The highest BCUT2D eigenvalue weighted by Crippen LogP contribution is 2.40. The number of benzene rings is 1. The molecule has 0 radical (unpaired) electrons. The Morgan fingerprint density at radius 3 is 2.29 bits per heavy atom. The zero-order valence-corrected chi connectivity index (χ0v) is 22.3. The number of imide groups is 1. The summed E-state index contributed by atoms with van der Waals surface area (Å²) in [5.41, 5.74) is -3.25. The number of nitrogens with one attached hydrogen (secondary N) is 2. The van der Waals surface area contributed by atoms with E-state index in [1.807, 2.05) is 27.7 Å². The second kappa shape index (κ2) is 10.9. The molecule has 0 fully saturated rings. The number of aliphatic hydroxyl groups is 1. The molecule has 2 heterocycles. The molecule has 206 valence electrons. The van der Waals surface area contributed by atoms with Gasteiger partial charge in [-0.15, -0.1) is 11.3 Å². The van der Waals surface area contributed by atoms with E-state index in [1.165, 1.54) is 22.4 Å². The first kappa shape index (κ1) is 29.3. The molecule has 4 amide bonds. The smallest absolute Gasteiger partial charge is 0.369 e. The van der Waals surface area contributed by atoms with Crippen LogP contribution in [0.4, 0.5) is 13.2 Å². The van der Waals surface area contributed by atoms with Crippen LogP contribution in [0.5, 0.6) is 0 Å². The lowest BCUT2D eigenvalue weighted by Crippen LogP contribution is -2.54. The Hall–Kier alpha value is -3.25. The van der Waals surface area contributed by atoms with Crippen LogP contribution >= 0.6 is 11.3 Å². The molecule has 0 saturated heterocycles. The number of amides is 4. The van der Waals surface area contributed by atoms with Crippen molar-refractivity contribution in [3.63, 3.8) is 0 Å². The number of nitrogens with zero attached hydrogens (tertiary/aromatic N) is 1. The minimum atomic E-state index is -5.30. The van der Waals surface area contributed by atoms with Gasteiger partial charge in [0.25, 0.3) is 17.4 Å². The van der Waals surface area contributed by atoms with Crippen molar-refractivity contribution in [2.45, 2.75) is 76.9 Å². The van der Waals surface area contributed by atoms with E-state index in [0.717, 1.165) is 29.0 Å². The molecule has 0 saturated carbocycles. The summed E-state index contributed by atoms with van der Waals surface area (Å²) in [6, 6.07) is 4.17. The van der Waals surface area contributed by atoms with Crippen molar-refractivity contribution in [1.82, 2.24) is 15.5 Å². The standard InChI is InChI=1S/C26H30F3N3O5S/c1-5-6-19(21(34)31-14-33)32-12-17-18(22(32)35)13-38-20(17)11-30-23(36)25(37,26(27,28)29)16-9-7-15(8-10-16)24(2,3)4/h7-10,13-14,19,37H,5-6,11-12H2,1-4H3,(H,30,36)(H,31,33,34). The van der Waals surface area contributed by atoms with Gasteiger partial charge < -0.3 is 15.3 Å². The summed E-state index contributed by atoms with van der Waals surface area (Å²) in [5, 5.41) is 16.4. The average Bonchev–Trinajstić information content (AvgIpc) is 3.39. The van der Waals surface area contributed by atoms with Gasteiger partial charge >= 0.3 is 6.18 Å². The maximum absolute atomic E-state index is 14.0. The molecule has 0 spiro atoms. The first-order chi connectivity index (χ1) is 17.7. The lowest BCUT2D eigenvalue weighted by atomic mass is 9.84. The second-order valence-corrected chi connectivity index (χ2v) is 11.1. The van der Waals surface area contributed by atoms with Crippen molar-refractivity contribution in [3.8, 4) is 0 Å². The van der Waals surface area contributed by atoms with Gasteiger partial charge in [-0.3, -0.25) is 24.5 Å². The Bertz CT molecular complexity index is 1220. The van der Waals surface area contributed by atoms with Gasteiger partial charge in [0, 0.05) is 22.4 Å². The third kappa shape index (κ3) is 5.46. The molecule has 3 N–H and O–H groups in total. The number of halogens is 3. The molecule has 1 aliphatic rings. The van der Waals surface area contributed by atoms with E-state index < -0.39 is 41.1 Å². The number of hydrogen-bond acceptors (Lipinski definition) is 6. The number of rotatable bonds is 9. The van der Waals surface area contributed by atoms with Crippen LogP contribution in [-0.4, -0.2) is 46.4 Å². The largest absolute Gasteiger partial charge is 0.430 e. The number of thiophene rings is 1. The van der Waals surface area contributed by atoms with Gasteiger partial charge in [0.2, 0.25) is 12.3 Å². The number of alkyl halides is 3. The van der Waals surface area contributed by atoms with Gasteiger partial charge in [-0.05, 0) is 23.0 Å². The minimum Gasteiger partial charge on any atom is -0.369 e. The molecule has 8 nitrogen and oxygen atoms in total. The molecule has 38 heavy (non-hydrogen) atoms. The minimum absolute atomic E-state index is 0.00236. The summed E-state index contributed by atoms with van der Waals surface area (Å²) in [5.74, 6) is -2.73. The second-order valence-electron chi connectivity index (χ2n) is 10.1. The van der Waals surface area contributed by atoms with Gasteiger partial charge in [0.15, 0.2) is 0 Å². The fourth-order valence-electron chi connectivity index (χ4n) is 4.35. The fraction of sp³-hybridized carbons (Fsp3) is 0.462. The van der Waals surface area contributed by atoms with E-state index in [-0.39, 0.29) is 30.5 Å². The molecule has 1 aromatic carbocycles. The number of carbonyl (C=O) groups excluding carboxylic acids is 4. The molecule has 1 aromatic heterocycles. The zero-order valence-electron chi connectivity index (χ0n) is 21.4. The lowest BCUT2D eigenvalue weighted by molar-refractivity contribution is -0.257. The van der Waals surface area contributed by atoms with Gasteiger partial charge in [0.05, 0.1) is 12.1 Å². The van der Waals surface area contributed by atoms with Crippen LogP contribution in [-0.2, 0) is 38.5 Å². The van der Waals surface area contributed by atoms with Crippen molar-refractivity contribution in [3.05, 3.63) is 56.8 Å². The Morgan fingerprint density at radius 2 is 1.76 bits per heavy atom. The first-order valence-corrected chi connectivity index (χ1v) is 12.9. The molecular formula is C26H30F3N3O5S. The normalized spacial score (nSPS) is 16.0. The van der Waals surface area contributed by atoms with Crippen LogP contribution in [0.15, 0.2) is 29.6 Å². The summed E-state index contributed by atoms with van der Waals surface area (Å²) in [6.45, 7) is 7.10. The van der Waals surface area contributed by atoms with Crippen molar-refractivity contribution in [2.24, 2.45) is 0 Å². The van der Waals surface area contributed by atoms with Crippen LogP contribution in [0.25, 0.3) is 0 Å². The molecule has 12 heteroatoms. The van der Waals surface area contributed by atoms with Gasteiger partial charge in [0.1, 0.15) is 6.04 Å². The van der Waals surface area contributed by atoms with Crippen LogP contribution in [0.1, 0.15) is 72.5 Å². The summed E-state index contributed by atoms with van der Waals surface area (Å²) in [6.07, 6.45) is -4.20. The van der Waals surface area contributed by atoms with Crippen molar-refractivity contribution in [2.75, 3.05) is 0 Å². The molecule has 2 atom stereocenters. The Balaban J connectivity index is 1.82. The highest BCUT2D eigenvalue weighted by Gasteiger charge is 2.60. The Kier molecular flexibility index (Phi) is 8.37. The summed E-state index contributed by atoms with van der Waals surface area (Å²) >= 11 is 1.08. The van der Waals surface area contributed by atoms with Crippen LogP contribution in [0.2, 0.25) is 0 Å². The highest BCUT2D eigenvalue weighted by molar-refractivity contribution is 7.10. The number of carbonyl (C=O) groups is 4. The van der Waals surface area contributed by atoms with Crippen molar-refractivity contribution >= 4 is 35.5 Å². The first-order valence-electron chi connectivity index (χ1n) is 12.0. The van der Waals surface area contributed by atoms with Crippen molar-refractivity contribution < 1.29 is 37.5 Å². The molecule has 0 bridgehead atoms. The quantitative estimate of drug-likeness (QED) is 0.411. The summed E-state index contributed by atoms with van der Waals surface area (Å²) in [4.78, 5) is 50.5. The maximum Gasteiger partial charge on any atom is 0.430 e. The molecule has 0 aliphatic carbocycles. The van der Waals surface area contributed by atoms with Crippen LogP contribution < -0.4 is 10.6 Å². The predicted molar refractivity (Wildman–Crippen MR) is 134 cm³/mol. The number of fused-ring (bicyclic) bond motifs is 1. The van der Waals surface area contributed by atoms with E-state index in [9.17, 15) is 37.5 Å². The monoisotopic (exact) mass is 553 g/mol. The average molecular weight is 554 g/mol. The van der Waals surface area contributed by atoms with Gasteiger partial charge in [-0.2, -0.15) is 13.2 Å². The van der Waals surface area contributed by atoms with Gasteiger partial charge in [-0.25, -0.2) is 0 Å². The van der Waals surface area contributed by atoms with E-state index in [2.05, 4.69) is 10.6 Å². The van der Waals surface area contributed by atoms with Crippen molar-refractivity contribution in [1.29, 1.82) is 0 Å². The molecule has 2 aromatic rings. The Morgan fingerprint density at radius 1 is 1.16 bits per heavy atom. The number of hydrogen-bond donors (Lipinski definition) is 3. The van der Waals surface area contributed by atoms with E-state index in [1.54, 1.807) is 0 Å². The zero-order chi connectivity index (χ0) is 28.5. The molecule has 3 rings (SSSR count). The van der Waals surface area contributed by atoms with Crippen LogP contribution in [0.3, 0.4) is 0 Å². The fourth-order valence-corrected chi connectivity index (χ4v) is 5.33.